The number of hydrogen-bond acceptors (Lipinski definition) is 7. The summed E-state index contributed by atoms with van der Waals surface area (Å²) in [6.45, 7) is 4.78. The van der Waals surface area contributed by atoms with Gasteiger partial charge in [0.2, 0.25) is 10.0 Å². The first-order valence-corrected chi connectivity index (χ1v) is 13.1. The van der Waals surface area contributed by atoms with Crippen LogP contribution < -0.4 is 20.7 Å². The lowest BCUT2D eigenvalue weighted by Gasteiger charge is -2.23. The first-order valence-electron chi connectivity index (χ1n) is 10.3. The first kappa shape index (κ1) is 23.5. The van der Waals surface area contributed by atoms with Crippen LogP contribution >= 0.6 is 11.3 Å². The van der Waals surface area contributed by atoms with Crippen molar-refractivity contribution in [3.8, 4) is 0 Å². The molecule has 4 N–H and O–H groups in total. The van der Waals surface area contributed by atoms with Crippen LogP contribution in [0, 0.1) is 11.8 Å². The smallest absolute Gasteiger partial charge is 0.251 e. The minimum absolute atomic E-state index is 0.191. The van der Waals surface area contributed by atoms with E-state index in [1.807, 2.05) is 23.8 Å². The molecular formula is C21H31N5O3S2. The van der Waals surface area contributed by atoms with Crippen molar-refractivity contribution in [3.63, 3.8) is 0 Å². The Kier molecular flexibility index (Phi) is 7.23. The number of nitrogens with zero attached hydrogens (tertiary/aromatic N) is 2. The molecule has 1 saturated carbocycles. The highest BCUT2D eigenvalue weighted by molar-refractivity contribution is 7.92. The number of pyridine rings is 1. The van der Waals surface area contributed by atoms with Crippen LogP contribution in [0.3, 0.4) is 0 Å². The van der Waals surface area contributed by atoms with E-state index in [9.17, 15) is 13.2 Å². The molecule has 0 saturated heterocycles. The van der Waals surface area contributed by atoms with E-state index in [0.717, 1.165) is 29.1 Å². The maximum absolute atomic E-state index is 13.1. The van der Waals surface area contributed by atoms with E-state index in [2.05, 4.69) is 22.5 Å². The van der Waals surface area contributed by atoms with Crippen LogP contribution in [0.1, 0.15) is 36.2 Å². The van der Waals surface area contributed by atoms with E-state index in [-0.39, 0.29) is 23.8 Å². The summed E-state index contributed by atoms with van der Waals surface area (Å²) in [7, 11) is -2.10. The van der Waals surface area contributed by atoms with E-state index < -0.39 is 10.0 Å². The molecule has 3 rings (SSSR count). The Morgan fingerprint density at radius 2 is 2.13 bits per heavy atom. The zero-order valence-electron chi connectivity index (χ0n) is 18.3. The van der Waals surface area contributed by atoms with Crippen LogP contribution in [-0.2, 0) is 16.4 Å². The quantitative estimate of drug-likeness (QED) is 0.496. The molecule has 0 bridgehead atoms. The van der Waals surface area contributed by atoms with Gasteiger partial charge in [-0.05, 0) is 66.1 Å². The van der Waals surface area contributed by atoms with Crippen molar-refractivity contribution in [2.45, 2.75) is 38.8 Å². The average Bonchev–Trinajstić information content (AvgIpc) is 3.17. The molecule has 0 spiro atoms. The fourth-order valence-electron chi connectivity index (χ4n) is 3.27. The minimum Gasteiger partial charge on any atom is -0.370 e. The summed E-state index contributed by atoms with van der Waals surface area (Å²) < 4.78 is 25.1. The number of amides is 1. The number of thiophene rings is 1. The van der Waals surface area contributed by atoms with Gasteiger partial charge in [-0.1, -0.05) is 6.92 Å². The van der Waals surface area contributed by atoms with Gasteiger partial charge in [-0.25, -0.2) is 13.4 Å². The van der Waals surface area contributed by atoms with Crippen molar-refractivity contribution in [1.29, 1.82) is 0 Å². The largest absolute Gasteiger partial charge is 0.370 e. The monoisotopic (exact) mass is 465 g/mol. The number of hydrogen-bond donors (Lipinski definition) is 3. The lowest BCUT2D eigenvalue weighted by Crippen LogP contribution is -2.47. The standard InChI is InChI=1S/C21H31N5O3S2/c1-13-7-17(13)11-23-19-9-16(10-20(25-19)26(3)31(4,28)29)21(27)24-18(14(2)22)8-15-5-6-30-12-15/h5-6,9-10,12-14,17-18H,7-8,11,22H2,1-4H3,(H,23,25)(H,24,27)/t13?,14-,17?,18-/m0/s1. The highest BCUT2D eigenvalue weighted by Gasteiger charge is 2.32. The number of aromatic nitrogens is 1. The zero-order valence-corrected chi connectivity index (χ0v) is 20.0. The summed E-state index contributed by atoms with van der Waals surface area (Å²) in [6, 6.07) is 4.65. The maximum atomic E-state index is 13.1. The molecule has 170 valence electrons. The Morgan fingerprint density at radius 3 is 2.68 bits per heavy atom. The van der Waals surface area contributed by atoms with Gasteiger partial charge in [0.25, 0.3) is 5.91 Å². The molecule has 2 unspecified atom stereocenters. The molecule has 1 amide bonds. The second kappa shape index (κ2) is 9.54. The first-order chi connectivity index (χ1) is 14.5. The van der Waals surface area contributed by atoms with Crippen LogP contribution in [0.2, 0.25) is 0 Å². The predicted molar refractivity (Wildman–Crippen MR) is 126 cm³/mol. The summed E-state index contributed by atoms with van der Waals surface area (Å²) in [6.07, 6.45) is 2.88. The van der Waals surface area contributed by atoms with Crippen LogP contribution in [0.15, 0.2) is 29.0 Å². The molecule has 1 fully saturated rings. The van der Waals surface area contributed by atoms with Gasteiger partial charge in [0, 0.05) is 31.2 Å². The fourth-order valence-corrected chi connectivity index (χ4v) is 4.39. The second-order valence-corrected chi connectivity index (χ2v) is 11.3. The van der Waals surface area contributed by atoms with Crippen molar-refractivity contribution in [1.82, 2.24) is 10.3 Å². The number of sulfonamides is 1. The molecule has 0 radical (unpaired) electrons. The second-order valence-electron chi connectivity index (χ2n) is 8.46. The fraction of sp³-hybridized carbons (Fsp3) is 0.524. The summed E-state index contributed by atoms with van der Waals surface area (Å²) in [5, 5.41) is 10.3. The molecule has 31 heavy (non-hydrogen) atoms. The third kappa shape index (κ3) is 6.41. The van der Waals surface area contributed by atoms with Crippen molar-refractivity contribution < 1.29 is 13.2 Å². The third-order valence-corrected chi connectivity index (χ3v) is 7.62. The molecule has 10 heteroatoms. The average molecular weight is 466 g/mol. The Balaban J connectivity index is 1.83. The minimum atomic E-state index is -3.52. The topological polar surface area (TPSA) is 117 Å². The number of anilines is 2. The molecule has 0 aromatic carbocycles. The van der Waals surface area contributed by atoms with Gasteiger partial charge in [-0.3, -0.25) is 9.10 Å². The summed E-state index contributed by atoms with van der Waals surface area (Å²) in [5.41, 5.74) is 7.57. The molecular weight excluding hydrogens is 434 g/mol. The summed E-state index contributed by atoms with van der Waals surface area (Å²) >= 11 is 1.60. The van der Waals surface area contributed by atoms with Crippen LogP contribution in [0.5, 0.6) is 0 Å². The van der Waals surface area contributed by atoms with Crippen LogP contribution in [0.25, 0.3) is 0 Å². The van der Waals surface area contributed by atoms with E-state index in [1.165, 1.54) is 13.1 Å². The maximum Gasteiger partial charge on any atom is 0.251 e. The van der Waals surface area contributed by atoms with Crippen LogP contribution in [-0.4, -0.2) is 51.2 Å². The van der Waals surface area contributed by atoms with E-state index in [0.29, 0.717) is 29.6 Å². The lowest BCUT2D eigenvalue weighted by atomic mass is 10.0. The van der Waals surface area contributed by atoms with E-state index in [4.69, 9.17) is 5.73 Å². The van der Waals surface area contributed by atoms with E-state index in [1.54, 1.807) is 17.4 Å². The van der Waals surface area contributed by atoms with Crippen molar-refractivity contribution in [3.05, 3.63) is 40.1 Å². The number of carbonyl (C=O) groups excluding carboxylic acids is 1. The SMILES string of the molecule is CC1CC1CNc1cc(C(=O)N[C@@H](Cc2ccsc2)[C@H](C)N)cc(N(C)S(C)(=O)=O)n1. The van der Waals surface area contributed by atoms with Gasteiger partial charge >= 0.3 is 0 Å². The Labute approximate surface area is 188 Å². The van der Waals surface area contributed by atoms with Gasteiger partial charge in [-0.15, -0.1) is 0 Å². The zero-order chi connectivity index (χ0) is 22.8. The van der Waals surface area contributed by atoms with Crippen molar-refractivity contribution in [2.24, 2.45) is 17.6 Å². The molecule has 4 atom stereocenters. The van der Waals surface area contributed by atoms with Crippen molar-refractivity contribution in [2.75, 3.05) is 29.5 Å². The molecule has 0 aliphatic heterocycles. The summed E-state index contributed by atoms with van der Waals surface area (Å²) in [5.74, 6) is 1.60. The normalized spacial score (nSPS) is 20.0. The molecule has 2 aromatic rings. The summed E-state index contributed by atoms with van der Waals surface area (Å²) in [4.78, 5) is 17.5. The van der Waals surface area contributed by atoms with Gasteiger partial charge in [-0.2, -0.15) is 11.3 Å². The van der Waals surface area contributed by atoms with Gasteiger partial charge in [0.05, 0.1) is 6.26 Å². The highest BCUT2D eigenvalue weighted by atomic mass is 32.2. The highest BCUT2D eigenvalue weighted by Crippen LogP contribution is 2.37. The number of rotatable bonds is 10. The Hall–Kier alpha value is -2.17. The number of nitrogens with one attached hydrogen (secondary N) is 2. The lowest BCUT2D eigenvalue weighted by molar-refractivity contribution is 0.0932. The van der Waals surface area contributed by atoms with Gasteiger partial charge in [0.1, 0.15) is 11.6 Å². The molecule has 2 aromatic heterocycles. The number of nitrogens with two attached hydrogens (primary N) is 1. The third-order valence-electron chi connectivity index (χ3n) is 5.70. The van der Waals surface area contributed by atoms with Crippen LogP contribution in [0.4, 0.5) is 11.6 Å². The van der Waals surface area contributed by atoms with Crippen molar-refractivity contribution >= 4 is 38.9 Å². The molecule has 8 nitrogen and oxygen atoms in total. The predicted octanol–water partition coefficient (Wildman–Crippen LogP) is 2.30. The van der Waals surface area contributed by atoms with E-state index >= 15 is 0 Å². The molecule has 1 aliphatic carbocycles. The van der Waals surface area contributed by atoms with Gasteiger partial charge in [0.15, 0.2) is 0 Å². The Bertz CT molecular complexity index is 1010. The number of carbonyl (C=O) groups is 1. The molecule has 2 heterocycles. The molecule has 1 aliphatic rings. The van der Waals surface area contributed by atoms with Gasteiger partial charge < -0.3 is 16.4 Å². The Morgan fingerprint density at radius 1 is 1.42 bits per heavy atom.